The highest BCUT2D eigenvalue weighted by Gasteiger charge is 2.26. The summed E-state index contributed by atoms with van der Waals surface area (Å²) in [5, 5.41) is 10.4. The van der Waals surface area contributed by atoms with Gasteiger partial charge in [0.2, 0.25) is 0 Å². The maximum Gasteiger partial charge on any atom is 0.297 e. The zero-order valence-electron chi connectivity index (χ0n) is 6.38. The Morgan fingerprint density at radius 3 is 2.64 bits per heavy atom. The molecular weight excluding hydrogens is 377 g/mol. The van der Waals surface area contributed by atoms with Crippen molar-refractivity contribution in [1.82, 2.24) is 4.98 Å². The first-order valence-electron chi connectivity index (χ1n) is 3.21. The van der Waals surface area contributed by atoms with Crippen molar-refractivity contribution >= 4 is 44.2 Å². The Hall–Kier alpha value is -0.380. The van der Waals surface area contributed by atoms with Gasteiger partial charge in [-0.25, -0.2) is 13.8 Å². The number of hydrogen-bond acceptors (Lipinski definition) is 3. The fourth-order valence-corrected chi connectivity index (χ4v) is 1.73. The second-order valence-corrected chi connectivity index (χ2v) is 4.03. The first-order valence-corrected chi connectivity index (χ1v) is 5.08. The third-order valence-electron chi connectivity index (χ3n) is 1.41. The molecule has 0 saturated carbocycles. The highest BCUT2D eigenvalue weighted by molar-refractivity contribution is 14.1. The first-order chi connectivity index (χ1) is 6.45. The molecule has 4 nitrogen and oxygen atoms in total. The minimum atomic E-state index is -2.90. The van der Waals surface area contributed by atoms with E-state index in [0.717, 1.165) is 6.20 Å². The number of pyridine rings is 1. The zero-order chi connectivity index (χ0) is 10.9. The Morgan fingerprint density at radius 1 is 1.64 bits per heavy atom. The maximum absolute atomic E-state index is 12.5. The Balaban J connectivity index is 3.45. The Kier molecular flexibility index (Phi) is 3.70. The fourth-order valence-electron chi connectivity index (χ4n) is 0.821. The van der Waals surface area contributed by atoms with Crippen LogP contribution in [0.1, 0.15) is 12.0 Å². The Bertz CT molecular complexity index is 388. The summed E-state index contributed by atoms with van der Waals surface area (Å²) in [6, 6.07) is 0. The minimum absolute atomic E-state index is 0.0256. The molecule has 8 heteroatoms. The van der Waals surface area contributed by atoms with E-state index in [1.165, 1.54) is 0 Å². The van der Waals surface area contributed by atoms with Crippen molar-refractivity contribution in [2.24, 2.45) is 0 Å². The average Bonchev–Trinajstić information content (AvgIpc) is 2.08. The lowest BCUT2D eigenvalue weighted by Gasteiger charge is -2.04. The first kappa shape index (κ1) is 11.7. The van der Waals surface area contributed by atoms with Crippen LogP contribution in [0.4, 0.5) is 14.5 Å². The van der Waals surface area contributed by atoms with Gasteiger partial charge in [0.1, 0.15) is 15.5 Å². The smallest absolute Gasteiger partial charge is 0.258 e. The SMILES string of the molecule is O=[N+]([O-])c1cnc(I)c(Br)c1C(F)F. The molecule has 1 rings (SSSR count). The average molecular weight is 379 g/mol. The van der Waals surface area contributed by atoms with Crippen LogP contribution < -0.4 is 0 Å². The molecule has 0 radical (unpaired) electrons. The van der Waals surface area contributed by atoms with Crippen molar-refractivity contribution in [3.05, 3.63) is 30.0 Å². The molecule has 0 spiro atoms. The number of hydrogen-bond donors (Lipinski definition) is 0. The molecule has 1 heterocycles. The Labute approximate surface area is 99.1 Å². The lowest BCUT2D eigenvalue weighted by atomic mass is 10.2. The largest absolute Gasteiger partial charge is 0.297 e. The molecule has 0 aliphatic heterocycles. The molecular formula is C6H2BrF2IN2O2. The van der Waals surface area contributed by atoms with Crippen LogP contribution >= 0.6 is 38.5 Å². The predicted octanol–water partition coefficient (Wildman–Crippen LogP) is 3.29. The van der Waals surface area contributed by atoms with E-state index in [1.807, 2.05) is 0 Å². The number of aromatic nitrogens is 1. The van der Waals surface area contributed by atoms with E-state index in [1.54, 1.807) is 22.6 Å². The van der Waals surface area contributed by atoms with Crippen molar-refractivity contribution in [2.45, 2.75) is 6.43 Å². The van der Waals surface area contributed by atoms with Crippen molar-refractivity contribution in [3.8, 4) is 0 Å². The van der Waals surface area contributed by atoms with Gasteiger partial charge in [-0.2, -0.15) is 0 Å². The molecule has 0 bridgehead atoms. The van der Waals surface area contributed by atoms with E-state index in [-0.39, 0.29) is 8.17 Å². The normalized spacial score (nSPS) is 10.6. The third-order valence-corrected chi connectivity index (χ3v) is 3.77. The van der Waals surface area contributed by atoms with Crippen molar-refractivity contribution in [1.29, 1.82) is 0 Å². The summed E-state index contributed by atoms with van der Waals surface area (Å²) >= 11 is 4.55. The molecule has 0 saturated heterocycles. The van der Waals surface area contributed by atoms with Crippen LogP contribution in [0, 0.1) is 13.8 Å². The Morgan fingerprint density at radius 2 is 2.21 bits per heavy atom. The van der Waals surface area contributed by atoms with Gasteiger partial charge in [0.05, 0.1) is 9.40 Å². The second kappa shape index (κ2) is 4.43. The van der Waals surface area contributed by atoms with E-state index in [2.05, 4.69) is 20.9 Å². The van der Waals surface area contributed by atoms with Crippen molar-refractivity contribution in [3.63, 3.8) is 0 Å². The minimum Gasteiger partial charge on any atom is -0.258 e. The van der Waals surface area contributed by atoms with Crippen LogP contribution in [0.15, 0.2) is 10.7 Å². The summed E-state index contributed by atoms with van der Waals surface area (Å²) in [6.45, 7) is 0. The number of halogens is 4. The highest BCUT2D eigenvalue weighted by Crippen LogP contribution is 2.36. The van der Waals surface area contributed by atoms with Crippen LogP contribution in [0.2, 0.25) is 0 Å². The van der Waals surface area contributed by atoms with Gasteiger partial charge in [0.25, 0.3) is 12.1 Å². The van der Waals surface area contributed by atoms with Crippen molar-refractivity contribution in [2.75, 3.05) is 0 Å². The van der Waals surface area contributed by atoms with E-state index in [0.29, 0.717) is 0 Å². The molecule has 76 valence electrons. The quantitative estimate of drug-likeness (QED) is 0.343. The second-order valence-electron chi connectivity index (χ2n) is 2.22. The summed E-state index contributed by atoms with van der Waals surface area (Å²) in [6.07, 6.45) is -2.07. The zero-order valence-corrected chi connectivity index (χ0v) is 10.1. The van der Waals surface area contributed by atoms with Crippen LogP contribution in [0.25, 0.3) is 0 Å². The molecule has 0 aromatic carbocycles. The summed E-state index contributed by atoms with van der Waals surface area (Å²) in [5.41, 5.74) is -1.30. The van der Waals surface area contributed by atoms with Crippen LogP contribution in [0.5, 0.6) is 0 Å². The molecule has 0 aliphatic rings. The summed E-state index contributed by atoms with van der Waals surface area (Å²) in [7, 11) is 0. The molecule has 0 aliphatic carbocycles. The molecule has 0 unspecified atom stereocenters. The monoisotopic (exact) mass is 378 g/mol. The van der Waals surface area contributed by atoms with Crippen LogP contribution in [0.3, 0.4) is 0 Å². The van der Waals surface area contributed by atoms with E-state index >= 15 is 0 Å². The summed E-state index contributed by atoms with van der Waals surface area (Å²) in [5.74, 6) is 0. The molecule has 0 fully saturated rings. The van der Waals surface area contributed by atoms with Gasteiger partial charge in [-0.15, -0.1) is 0 Å². The standard InChI is InChI=1S/C6H2BrF2IN2O2/c7-4-3(5(8)9)2(12(13)14)1-11-6(4)10/h1,5H. The summed E-state index contributed by atoms with van der Waals surface area (Å²) < 4.78 is 25.2. The van der Waals surface area contributed by atoms with Gasteiger partial charge in [0, 0.05) is 0 Å². The third kappa shape index (κ3) is 2.16. The van der Waals surface area contributed by atoms with E-state index in [9.17, 15) is 18.9 Å². The number of nitro groups is 1. The maximum atomic E-state index is 12.5. The van der Waals surface area contributed by atoms with Gasteiger partial charge in [-0.1, -0.05) is 0 Å². The van der Waals surface area contributed by atoms with Crippen molar-refractivity contribution < 1.29 is 13.7 Å². The number of nitrogens with zero attached hydrogens (tertiary/aromatic N) is 2. The molecule has 1 aromatic rings. The summed E-state index contributed by atoms with van der Waals surface area (Å²) in [4.78, 5) is 13.1. The van der Waals surface area contributed by atoms with E-state index in [4.69, 9.17) is 0 Å². The van der Waals surface area contributed by atoms with Gasteiger partial charge >= 0.3 is 0 Å². The molecule has 0 atom stereocenters. The molecule has 1 aromatic heterocycles. The fraction of sp³-hybridized carbons (Fsp3) is 0.167. The van der Waals surface area contributed by atoms with Crippen LogP contribution in [-0.4, -0.2) is 9.91 Å². The lowest BCUT2D eigenvalue weighted by Crippen LogP contribution is -2.00. The highest BCUT2D eigenvalue weighted by atomic mass is 127. The van der Waals surface area contributed by atoms with Gasteiger partial charge in [0.15, 0.2) is 0 Å². The molecule has 0 amide bonds. The van der Waals surface area contributed by atoms with Gasteiger partial charge in [-0.05, 0) is 38.5 Å². The predicted molar refractivity (Wildman–Crippen MR) is 56.3 cm³/mol. The van der Waals surface area contributed by atoms with Crippen LogP contribution in [-0.2, 0) is 0 Å². The molecule has 14 heavy (non-hydrogen) atoms. The van der Waals surface area contributed by atoms with Gasteiger partial charge in [-0.3, -0.25) is 10.1 Å². The lowest BCUT2D eigenvalue weighted by molar-refractivity contribution is -0.386. The number of alkyl halides is 2. The van der Waals surface area contributed by atoms with Gasteiger partial charge < -0.3 is 0 Å². The number of rotatable bonds is 2. The molecule has 0 N–H and O–H groups in total. The van der Waals surface area contributed by atoms with E-state index < -0.39 is 22.6 Å². The topological polar surface area (TPSA) is 56.0 Å².